The summed E-state index contributed by atoms with van der Waals surface area (Å²) in [5.41, 5.74) is 1.13. The van der Waals surface area contributed by atoms with Gasteiger partial charge in [-0.3, -0.25) is 9.78 Å². The quantitative estimate of drug-likeness (QED) is 0.785. The van der Waals surface area contributed by atoms with Crippen LogP contribution in [0.25, 0.3) is 5.82 Å². The summed E-state index contributed by atoms with van der Waals surface area (Å²) in [4.78, 5) is 20.3. The number of anilines is 1. The number of amides is 1. The number of carbonyl (C=O) groups excluding carboxylic acids is 1. The predicted octanol–water partition coefficient (Wildman–Crippen LogP) is 1.91. The molecule has 0 saturated carbocycles. The van der Waals surface area contributed by atoms with Gasteiger partial charge in [0.15, 0.2) is 5.82 Å². The highest BCUT2D eigenvalue weighted by Gasteiger charge is 2.10. The van der Waals surface area contributed by atoms with E-state index in [4.69, 9.17) is 0 Å². The third-order valence-corrected chi connectivity index (χ3v) is 2.70. The van der Waals surface area contributed by atoms with Crippen LogP contribution in [0.15, 0.2) is 61.3 Å². The molecule has 0 aliphatic carbocycles. The van der Waals surface area contributed by atoms with E-state index >= 15 is 0 Å². The van der Waals surface area contributed by atoms with Crippen LogP contribution in [0.2, 0.25) is 0 Å². The number of rotatable bonds is 3. The van der Waals surface area contributed by atoms with Crippen molar-refractivity contribution in [2.45, 2.75) is 0 Å². The van der Waals surface area contributed by atoms with Gasteiger partial charge >= 0.3 is 0 Å². The van der Waals surface area contributed by atoms with Crippen molar-refractivity contribution in [3.05, 3.63) is 66.9 Å². The van der Waals surface area contributed by atoms with E-state index in [1.807, 2.05) is 0 Å². The molecule has 0 unspecified atom stereocenters. The standard InChI is InChI=1S/C14H11N5O/c20-14(11-4-8-15-9-5-11)18-12-3-1-6-16-13(12)19-10-2-7-17-19/h1-10H,(H,18,20). The van der Waals surface area contributed by atoms with Crippen LogP contribution in [0.5, 0.6) is 0 Å². The fourth-order valence-electron chi connectivity index (χ4n) is 1.77. The van der Waals surface area contributed by atoms with Crippen LogP contribution in [0, 0.1) is 0 Å². The summed E-state index contributed by atoms with van der Waals surface area (Å²) in [7, 11) is 0. The molecule has 0 aliphatic heterocycles. The Bertz CT molecular complexity index is 709. The molecule has 0 bridgehead atoms. The molecule has 3 aromatic rings. The van der Waals surface area contributed by atoms with E-state index in [1.54, 1.807) is 66.0 Å². The van der Waals surface area contributed by atoms with E-state index in [-0.39, 0.29) is 5.91 Å². The first kappa shape index (κ1) is 12.0. The van der Waals surface area contributed by atoms with Crippen molar-refractivity contribution in [1.29, 1.82) is 0 Å². The van der Waals surface area contributed by atoms with E-state index in [2.05, 4.69) is 20.4 Å². The lowest BCUT2D eigenvalue weighted by atomic mass is 10.2. The first-order chi connectivity index (χ1) is 9.84. The summed E-state index contributed by atoms with van der Waals surface area (Å²) in [6.45, 7) is 0. The number of hydrogen-bond donors (Lipinski definition) is 1. The number of carbonyl (C=O) groups is 1. The number of aromatic nitrogens is 4. The Morgan fingerprint density at radius 2 is 1.90 bits per heavy atom. The second-order valence-electron chi connectivity index (χ2n) is 4.02. The third kappa shape index (κ3) is 2.39. The Morgan fingerprint density at radius 1 is 1.05 bits per heavy atom. The monoisotopic (exact) mass is 265 g/mol. The maximum atomic E-state index is 12.1. The van der Waals surface area contributed by atoms with E-state index < -0.39 is 0 Å². The fraction of sp³-hybridized carbons (Fsp3) is 0. The van der Waals surface area contributed by atoms with Crippen LogP contribution in [0.3, 0.4) is 0 Å². The van der Waals surface area contributed by atoms with E-state index in [0.29, 0.717) is 17.1 Å². The molecule has 0 atom stereocenters. The van der Waals surface area contributed by atoms with Crippen molar-refractivity contribution in [2.24, 2.45) is 0 Å². The summed E-state index contributed by atoms with van der Waals surface area (Å²) in [5.74, 6) is 0.355. The average Bonchev–Trinajstić information content (AvgIpc) is 3.03. The van der Waals surface area contributed by atoms with Crippen LogP contribution >= 0.6 is 0 Å². The van der Waals surface area contributed by atoms with E-state index in [9.17, 15) is 4.79 Å². The molecule has 0 aliphatic rings. The highest BCUT2D eigenvalue weighted by Crippen LogP contribution is 2.17. The molecular weight excluding hydrogens is 254 g/mol. The Balaban J connectivity index is 1.90. The van der Waals surface area contributed by atoms with Crippen molar-refractivity contribution < 1.29 is 4.79 Å². The van der Waals surface area contributed by atoms with Gasteiger partial charge in [-0.05, 0) is 30.3 Å². The highest BCUT2D eigenvalue weighted by molar-refractivity contribution is 6.04. The second kappa shape index (κ2) is 5.31. The zero-order valence-electron chi connectivity index (χ0n) is 10.5. The zero-order valence-corrected chi connectivity index (χ0v) is 10.5. The lowest BCUT2D eigenvalue weighted by Gasteiger charge is -2.09. The van der Waals surface area contributed by atoms with E-state index in [0.717, 1.165) is 0 Å². The zero-order chi connectivity index (χ0) is 13.8. The number of hydrogen-bond acceptors (Lipinski definition) is 4. The van der Waals surface area contributed by atoms with Gasteiger partial charge in [-0.25, -0.2) is 9.67 Å². The lowest BCUT2D eigenvalue weighted by Crippen LogP contribution is -2.14. The Morgan fingerprint density at radius 3 is 2.65 bits per heavy atom. The molecule has 0 saturated heterocycles. The lowest BCUT2D eigenvalue weighted by molar-refractivity contribution is 0.102. The molecule has 3 heterocycles. The second-order valence-corrected chi connectivity index (χ2v) is 4.02. The highest BCUT2D eigenvalue weighted by atomic mass is 16.1. The van der Waals surface area contributed by atoms with Gasteiger partial charge in [0.2, 0.25) is 0 Å². The minimum absolute atomic E-state index is 0.214. The summed E-state index contributed by atoms with van der Waals surface area (Å²) in [6.07, 6.45) is 8.23. The summed E-state index contributed by atoms with van der Waals surface area (Å²) in [6, 6.07) is 8.64. The van der Waals surface area contributed by atoms with Crippen molar-refractivity contribution in [1.82, 2.24) is 19.7 Å². The molecule has 0 fully saturated rings. The van der Waals surface area contributed by atoms with Crippen LogP contribution < -0.4 is 5.32 Å². The Kier molecular flexibility index (Phi) is 3.20. The van der Waals surface area contributed by atoms with Gasteiger partial charge in [0.1, 0.15) is 0 Å². The van der Waals surface area contributed by atoms with Gasteiger partial charge in [-0.15, -0.1) is 0 Å². The molecule has 6 nitrogen and oxygen atoms in total. The molecule has 0 radical (unpaired) electrons. The van der Waals surface area contributed by atoms with Crippen LogP contribution in [0.1, 0.15) is 10.4 Å². The Labute approximate surface area is 115 Å². The molecule has 0 spiro atoms. The molecule has 3 rings (SSSR count). The van der Waals surface area contributed by atoms with Gasteiger partial charge in [0.05, 0.1) is 5.69 Å². The first-order valence-corrected chi connectivity index (χ1v) is 6.01. The topological polar surface area (TPSA) is 72.7 Å². The molecule has 1 N–H and O–H groups in total. The fourth-order valence-corrected chi connectivity index (χ4v) is 1.77. The van der Waals surface area contributed by atoms with Gasteiger partial charge in [-0.1, -0.05) is 0 Å². The van der Waals surface area contributed by atoms with Crippen molar-refractivity contribution in [3.63, 3.8) is 0 Å². The van der Waals surface area contributed by atoms with Crippen LogP contribution in [0.4, 0.5) is 5.69 Å². The van der Waals surface area contributed by atoms with Gasteiger partial charge < -0.3 is 5.32 Å². The van der Waals surface area contributed by atoms with Gasteiger partial charge in [-0.2, -0.15) is 5.10 Å². The van der Waals surface area contributed by atoms with Gasteiger partial charge in [0, 0.05) is 36.5 Å². The van der Waals surface area contributed by atoms with Crippen molar-refractivity contribution in [3.8, 4) is 5.82 Å². The third-order valence-electron chi connectivity index (χ3n) is 2.70. The number of nitrogens with zero attached hydrogens (tertiary/aromatic N) is 4. The first-order valence-electron chi connectivity index (χ1n) is 6.01. The molecule has 98 valence electrons. The molecule has 0 aromatic carbocycles. The van der Waals surface area contributed by atoms with Crippen LogP contribution in [-0.2, 0) is 0 Å². The average molecular weight is 265 g/mol. The minimum atomic E-state index is -0.214. The minimum Gasteiger partial charge on any atom is -0.319 e. The van der Waals surface area contributed by atoms with Crippen molar-refractivity contribution >= 4 is 11.6 Å². The molecule has 3 aromatic heterocycles. The SMILES string of the molecule is O=C(Nc1cccnc1-n1cccn1)c1ccncc1. The molecular formula is C14H11N5O. The smallest absolute Gasteiger partial charge is 0.255 e. The maximum Gasteiger partial charge on any atom is 0.255 e. The van der Waals surface area contributed by atoms with E-state index in [1.165, 1.54) is 0 Å². The van der Waals surface area contributed by atoms with Crippen LogP contribution in [-0.4, -0.2) is 25.7 Å². The van der Waals surface area contributed by atoms with Gasteiger partial charge in [0.25, 0.3) is 5.91 Å². The number of pyridine rings is 2. The largest absolute Gasteiger partial charge is 0.319 e. The molecule has 6 heteroatoms. The molecule has 20 heavy (non-hydrogen) atoms. The number of nitrogens with one attached hydrogen (secondary N) is 1. The predicted molar refractivity (Wildman–Crippen MR) is 73.5 cm³/mol. The molecule has 1 amide bonds. The summed E-state index contributed by atoms with van der Waals surface area (Å²) in [5, 5.41) is 6.95. The maximum absolute atomic E-state index is 12.1. The Hall–Kier alpha value is -3.02. The summed E-state index contributed by atoms with van der Waals surface area (Å²) < 4.78 is 1.60. The summed E-state index contributed by atoms with van der Waals surface area (Å²) >= 11 is 0. The normalized spacial score (nSPS) is 10.2. The van der Waals surface area contributed by atoms with Crippen molar-refractivity contribution in [2.75, 3.05) is 5.32 Å².